The fourth-order valence-corrected chi connectivity index (χ4v) is 2.74. The number of nitrogens with one attached hydrogen (secondary N) is 2. The third-order valence-corrected chi connectivity index (χ3v) is 4.19. The maximum absolute atomic E-state index is 4.55. The predicted octanol–water partition coefficient (Wildman–Crippen LogP) is 4.85. The number of aromatic nitrogens is 3. The predicted molar refractivity (Wildman–Crippen MR) is 103 cm³/mol. The number of rotatable bonds is 5. The molecule has 2 N–H and O–H groups in total. The van der Waals surface area contributed by atoms with Crippen molar-refractivity contribution in [2.45, 2.75) is 34.1 Å². The molecule has 0 unspecified atom stereocenters. The van der Waals surface area contributed by atoms with Crippen molar-refractivity contribution in [2.24, 2.45) is 0 Å². The molecule has 0 radical (unpaired) electrons. The number of hydrogen-bond acceptors (Lipinski definition) is 5. The Balaban J connectivity index is 1.86. The molecule has 0 bridgehead atoms. The van der Waals surface area contributed by atoms with E-state index in [2.05, 4.69) is 89.9 Å². The zero-order chi connectivity index (χ0) is 17.8. The molecule has 0 atom stereocenters. The molecule has 0 spiro atoms. The Bertz CT molecular complexity index is 889. The van der Waals surface area contributed by atoms with Crippen LogP contribution in [0.4, 0.5) is 23.1 Å². The normalized spacial score (nSPS) is 10.6. The molecule has 0 aliphatic heterocycles. The molecular weight excluding hydrogens is 310 g/mol. The van der Waals surface area contributed by atoms with Gasteiger partial charge in [-0.25, -0.2) is 0 Å². The van der Waals surface area contributed by atoms with Gasteiger partial charge in [-0.15, -0.1) is 5.10 Å². The van der Waals surface area contributed by atoms with Crippen molar-refractivity contribution in [2.75, 3.05) is 10.6 Å². The molecule has 3 rings (SSSR count). The molecule has 0 saturated carbocycles. The van der Waals surface area contributed by atoms with Crippen molar-refractivity contribution in [3.63, 3.8) is 0 Å². The fourth-order valence-electron chi connectivity index (χ4n) is 2.74. The molecule has 5 nitrogen and oxygen atoms in total. The van der Waals surface area contributed by atoms with E-state index in [1.807, 2.05) is 0 Å². The van der Waals surface area contributed by atoms with Crippen molar-refractivity contribution in [3.05, 3.63) is 64.8 Å². The summed E-state index contributed by atoms with van der Waals surface area (Å²) in [5.74, 6) is 1.15. The highest BCUT2D eigenvalue weighted by molar-refractivity contribution is 5.66. The highest BCUT2D eigenvalue weighted by Crippen LogP contribution is 2.25. The van der Waals surface area contributed by atoms with Gasteiger partial charge in [-0.1, -0.05) is 37.3 Å². The van der Waals surface area contributed by atoms with Gasteiger partial charge in [0.05, 0.1) is 6.20 Å². The first-order valence-electron chi connectivity index (χ1n) is 8.46. The van der Waals surface area contributed by atoms with Gasteiger partial charge < -0.3 is 10.6 Å². The van der Waals surface area contributed by atoms with E-state index in [0.717, 1.165) is 23.4 Å². The van der Waals surface area contributed by atoms with Gasteiger partial charge in [0.15, 0.2) is 5.82 Å². The first-order chi connectivity index (χ1) is 12.1. The van der Waals surface area contributed by atoms with E-state index in [1.165, 1.54) is 16.7 Å². The van der Waals surface area contributed by atoms with Gasteiger partial charge in [-0.05, 0) is 55.5 Å². The Labute approximate surface area is 148 Å². The topological polar surface area (TPSA) is 62.7 Å². The average molecular weight is 333 g/mol. The first kappa shape index (κ1) is 16.9. The molecule has 1 aromatic heterocycles. The third kappa shape index (κ3) is 3.94. The van der Waals surface area contributed by atoms with E-state index < -0.39 is 0 Å². The zero-order valence-electron chi connectivity index (χ0n) is 15.1. The monoisotopic (exact) mass is 333 g/mol. The second-order valence-electron chi connectivity index (χ2n) is 6.20. The summed E-state index contributed by atoms with van der Waals surface area (Å²) >= 11 is 0. The lowest BCUT2D eigenvalue weighted by molar-refractivity contribution is 0.980. The summed E-state index contributed by atoms with van der Waals surface area (Å²) < 4.78 is 0. The van der Waals surface area contributed by atoms with Crippen LogP contribution in [0.25, 0.3) is 0 Å². The van der Waals surface area contributed by atoms with Crippen LogP contribution in [0.1, 0.15) is 29.2 Å². The minimum atomic E-state index is 0.477. The van der Waals surface area contributed by atoms with Gasteiger partial charge in [0.2, 0.25) is 5.95 Å². The summed E-state index contributed by atoms with van der Waals surface area (Å²) in [5.41, 5.74) is 6.83. The van der Waals surface area contributed by atoms with E-state index in [1.54, 1.807) is 6.20 Å². The van der Waals surface area contributed by atoms with E-state index >= 15 is 0 Å². The molecule has 0 amide bonds. The summed E-state index contributed by atoms with van der Waals surface area (Å²) in [5, 5.41) is 14.8. The molecule has 0 fully saturated rings. The molecule has 25 heavy (non-hydrogen) atoms. The van der Waals surface area contributed by atoms with Gasteiger partial charge in [-0.2, -0.15) is 10.1 Å². The maximum atomic E-state index is 4.55. The first-order valence-corrected chi connectivity index (χ1v) is 8.46. The molecule has 0 aliphatic rings. The van der Waals surface area contributed by atoms with Gasteiger partial charge in [0, 0.05) is 11.4 Å². The minimum Gasteiger partial charge on any atom is -0.338 e. The highest BCUT2D eigenvalue weighted by Gasteiger charge is 2.08. The van der Waals surface area contributed by atoms with Crippen molar-refractivity contribution in [3.8, 4) is 0 Å². The highest BCUT2D eigenvalue weighted by atomic mass is 15.3. The summed E-state index contributed by atoms with van der Waals surface area (Å²) in [7, 11) is 0. The van der Waals surface area contributed by atoms with Crippen molar-refractivity contribution >= 4 is 23.1 Å². The van der Waals surface area contributed by atoms with Crippen LogP contribution < -0.4 is 10.6 Å². The lowest BCUT2D eigenvalue weighted by Crippen LogP contribution is -2.05. The third-order valence-electron chi connectivity index (χ3n) is 4.19. The Morgan fingerprint density at radius 3 is 2.60 bits per heavy atom. The maximum Gasteiger partial charge on any atom is 0.249 e. The fraction of sp³-hybridized carbons (Fsp3) is 0.250. The second kappa shape index (κ2) is 7.30. The molecule has 5 heteroatoms. The van der Waals surface area contributed by atoms with Gasteiger partial charge in [0.25, 0.3) is 0 Å². The number of nitrogens with zero attached hydrogens (tertiary/aromatic N) is 3. The van der Waals surface area contributed by atoms with Crippen molar-refractivity contribution in [1.82, 2.24) is 15.2 Å². The van der Waals surface area contributed by atoms with Crippen LogP contribution in [0.15, 0.2) is 42.6 Å². The number of aryl methyl sites for hydroxylation is 4. The van der Waals surface area contributed by atoms with Gasteiger partial charge in [0.1, 0.15) is 0 Å². The largest absolute Gasteiger partial charge is 0.338 e. The van der Waals surface area contributed by atoms with Crippen LogP contribution >= 0.6 is 0 Å². The number of anilines is 4. The van der Waals surface area contributed by atoms with Crippen molar-refractivity contribution < 1.29 is 0 Å². The number of para-hydroxylation sites is 1. The lowest BCUT2D eigenvalue weighted by atomic mass is 10.1. The Morgan fingerprint density at radius 2 is 1.80 bits per heavy atom. The standard InChI is InChI=1S/C20H23N5/c1-5-16-8-6-7-15(4)19(16)23-18-12-21-25-20(24-18)22-17-11-13(2)9-10-14(17)3/h6-12H,5H2,1-4H3,(H2,22,23,24,25). The number of hydrogen-bond donors (Lipinski definition) is 2. The lowest BCUT2D eigenvalue weighted by Gasteiger charge is -2.14. The molecule has 2 aromatic carbocycles. The summed E-state index contributed by atoms with van der Waals surface area (Å²) in [6.07, 6.45) is 2.59. The molecule has 3 aromatic rings. The van der Waals surface area contributed by atoms with Crippen LogP contribution in [0.3, 0.4) is 0 Å². The molecule has 128 valence electrons. The average Bonchev–Trinajstić information content (AvgIpc) is 2.60. The van der Waals surface area contributed by atoms with Gasteiger partial charge >= 0.3 is 0 Å². The Hall–Kier alpha value is -2.95. The van der Waals surface area contributed by atoms with E-state index in [9.17, 15) is 0 Å². The van der Waals surface area contributed by atoms with Crippen molar-refractivity contribution in [1.29, 1.82) is 0 Å². The van der Waals surface area contributed by atoms with E-state index in [-0.39, 0.29) is 0 Å². The smallest absolute Gasteiger partial charge is 0.249 e. The van der Waals surface area contributed by atoms with Crippen LogP contribution in [-0.2, 0) is 6.42 Å². The molecule has 0 saturated heterocycles. The number of benzene rings is 2. The summed E-state index contributed by atoms with van der Waals surface area (Å²) in [4.78, 5) is 4.55. The zero-order valence-corrected chi connectivity index (χ0v) is 15.1. The van der Waals surface area contributed by atoms with E-state index in [4.69, 9.17) is 0 Å². The Morgan fingerprint density at radius 1 is 0.960 bits per heavy atom. The quantitative estimate of drug-likeness (QED) is 0.699. The second-order valence-corrected chi connectivity index (χ2v) is 6.20. The van der Waals surface area contributed by atoms with Crippen LogP contribution in [0, 0.1) is 20.8 Å². The minimum absolute atomic E-state index is 0.477. The summed E-state index contributed by atoms with van der Waals surface area (Å²) in [6.45, 7) is 8.35. The molecular formula is C20H23N5. The summed E-state index contributed by atoms with van der Waals surface area (Å²) in [6, 6.07) is 12.5. The molecule has 0 aliphatic carbocycles. The van der Waals surface area contributed by atoms with Crippen LogP contribution in [-0.4, -0.2) is 15.2 Å². The van der Waals surface area contributed by atoms with Crippen LogP contribution in [0.2, 0.25) is 0 Å². The SMILES string of the molecule is CCc1cccc(C)c1Nc1cnnc(Nc2cc(C)ccc2C)n1. The van der Waals surface area contributed by atoms with Gasteiger partial charge in [-0.3, -0.25) is 0 Å². The Kier molecular flexibility index (Phi) is 4.93. The van der Waals surface area contributed by atoms with E-state index in [0.29, 0.717) is 11.8 Å². The molecule has 1 heterocycles. The van der Waals surface area contributed by atoms with Crippen LogP contribution in [0.5, 0.6) is 0 Å².